The predicted octanol–water partition coefficient (Wildman–Crippen LogP) is -5.68. The molecule has 0 saturated heterocycles. The van der Waals surface area contributed by atoms with Crippen molar-refractivity contribution < 1.29 is 64.6 Å². The van der Waals surface area contributed by atoms with E-state index < -0.39 is 20.8 Å². The van der Waals surface area contributed by atoms with Crippen LogP contribution >= 0.6 is 0 Å². The van der Waals surface area contributed by atoms with Crippen LogP contribution in [0.3, 0.4) is 0 Å². The van der Waals surface area contributed by atoms with Crippen LogP contribution in [0.25, 0.3) is 0 Å². The zero-order valence-corrected chi connectivity index (χ0v) is 11.8. The molecule has 0 aromatic rings. The van der Waals surface area contributed by atoms with E-state index >= 15 is 0 Å². The summed E-state index contributed by atoms with van der Waals surface area (Å²) in [4.78, 5) is 0. The van der Waals surface area contributed by atoms with Gasteiger partial charge in [-0.1, -0.05) is 0 Å². The van der Waals surface area contributed by atoms with Gasteiger partial charge in [-0.25, -0.2) is 0 Å². The molecule has 0 bridgehead atoms. The number of rotatable bonds is 0. The summed E-state index contributed by atoms with van der Waals surface area (Å²) in [5.74, 6) is 0. The Morgan fingerprint density at radius 2 is 0.692 bits per heavy atom. The van der Waals surface area contributed by atoms with Gasteiger partial charge < -0.3 is 24.4 Å². The van der Waals surface area contributed by atoms with Crippen LogP contribution in [0.5, 0.6) is 0 Å². The molecule has 13 heavy (non-hydrogen) atoms. The maximum absolute atomic E-state index is 8.52. The topological polar surface area (TPSA) is 197 Å². The van der Waals surface area contributed by atoms with Crippen LogP contribution in [0.2, 0.25) is 0 Å². The smallest absolute Gasteiger partial charge is 0.759 e. The van der Waals surface area contributed by atoms with Gasteiger partial charge in [0, 0.05) is 20.8 Å². The van der Waals surface area contributed by atoms with Crippen molar-refractivity contribution in [2.24, 2.45) is 0 Å². The van der Waals surface area contributed by atoms with Gasteiger partial charge in [0.15, 0.2) is 0 Å². The average molecular weight is 257 g/mol. The standard InChI is InChI=1S/Mg.H3N.Na.2H2O4S/c;;;2*1-5(2,3)4/h;1H3;;2*(H2,1,2,3,4)/q+2;;+1;;/p-3. The van der Waals surface area contributed by atoms with Crippen LogP contribution < -0.4 is 35.7 Å². The van der Waals surface area contributed by atoms with E-state index in [2.05, 4.69) is 0 Å². The van der Waals surface area contributed by atoms with Crippen molar-refractivity contribution in [3.63, 3.8) is 0 Å². The molecule has 0 amide bonds. The molecule has 0 rings (SSSR count). The molecular weight excluding hydrogens is 253 g/mol. The van der Waals surface area contributed by atoms with E-state index in [-0.39, 0.29) is 58.8 Å². The maximum Gasteiger partial charge on any atom is 2.00 e. The normalized spacial score (nSPS) is 8.92. The molecule has 0 aliphatic heterocycles. The zero-order chi connectivity index (χ0) is 9.00. The fourth-order valence-corrected chi connectivity index (χ4v) is 0. The minimum absolute atomic E-state index is 0. The molecule has 0 atom stereocenters. The molecule has 0 aromatic heterocycles. The van der Waals surface area contributed by atoms with Gasteiger partial charge in [0.25, 0.3) is 0 Å². The van der Waals surface area contributed by atoms with Crippen molar-refractivity contribution in [3.8, 4) is 0 Å². The Bertz CT molecular complexity index is 219. The molecule has 72 valence electrons. The average Bonchev–Trinajstić information content (AvgIpc) is 1.12. The molecule has 13 heteroatoms. The summed E-state index contributed by atoms with van der Waals surface area (Å²) in [6, 6.07) is 0. The maximum atomic E-state index is 8.52. The summed E-state index contributed by atoms with van der Waals surface area (Å²) in [7, 11) is -10.3. The number of hydrogen-bond donors (Lipinski definition) is 1. The van der Waals surface area contributed by atoms with E-state index in [0.717, 1.165) is 0 Å². The molecule has 0 heterocycles. The molecule has 0 saturated carbocycles. The largest absolute Gasteiger partial charge is 2.00 e. The third-order valence-electron chi connectivity index (χ3n) is 0. The Morgan fingerprint density at radius 1 is 0.692 bits per heavy atom. The summed E-state index contributed by atoms with van der Waals surface area (Å²) < 4.78 is 68.2. The molecule has 0 spiro atoms. The monoisotopic (exact) mass is 257 g/mol. The quantitative estimate of drug-likeness (QED) is 0.251. The van der Waals surface area contributed by atoms with Gasteiger partial charge >= 0.3 is 52.6 Å². The second-order valence-electron chi connectivity index (χ2n) is 0.816. The van der Waals surface area contributed by atoms with Crippen molar-refractivity contribution >= 4 is 43.9 Å². The van der Waals surface area contributed by atoms with Crippen molar-refractivity contribution in [1.29, 1.82) is 0 Å². The van der Waals surface area contributed by atoms with Gasteiger partial charge in [0.05, 0.1) is 0 Å². The molecule has 0 radical (unpaired) electrons. The predicted molar refractivity (Wildman–Crippen MR) is 32.7 cm³/mol. The second-order valence-corrected chi connectivity index (χ2v) is 2.45. The van der Waals surface area contributed by atoms with Crippen molar-refractivity contribution in [2.45, 2.75) is 0 Å². The van der Waals surface area contributed by atoms with Crippen molar-refractivity contribution in [1.82, 2.24) is 6.15 Å². The minimum Gasteiger partial charge on any atom is -0.759 e. The molecule has 0 aromatic carbocycles. The Balaban J connectivity index is -0.0000000267. The molecule has 0 unspecified atom stereocenters. The van der Waals surface area contributed by atoms with Gasteiger partial charge in [-0.2, -0.15) is 0 Å². The third-order valence-corrected chi connectivity index (χ3v) is 0. The van der Waals surface area contributed by atoms with Crippen LogP contribution in [0.15, 0.2) is 0 Å². The summed E-state index contributed by atoms with van der Waals surface area (Å²) in [6.07, 6.45) is 0. The summed E-state index contributed by atoms with van der Waals surface area (Å²) >= 11 is 0. The van der Waals surface area contributed by atoms with Crippen LogP contribution in [-0.4, -0.2) is 58.1 Å². The fourth-order valence-electron chi connectivity index (χ4n) is 0. The first kappa shape index (κ1) is 29.3. The number of hydrogen-bond acceptors (Lipinski definition) is 8. The van der Waals surface area contributed by atoms with E-state index in [0.29, 0.717) is 0 Å². The van der Waals surface area contributed by atoms with Crippen LogP contribution in [0.1, 0.15) is 0 Å². The van der Waals surface area contributed by atoms with Gasteiger partial charge in [0.2, 0.25) is 0 Å². The van der Waals surface area contributed by atoms with Gasteiger partial charge in [0.1, 0.15) is 0 Å². The van der Waals surface area contributed by atoms with Crippen molar-refractivity contribution in [3.05, 3.63) is 0 Å². The minimum atomic E-state index is -5.17. The van der Waals surface area contributed by atoms with E-state index in [1.54, 1.807) is 0 Å². The summed E-state index contributed by atoms with van der Waals surface area (Å²) in [5.41, 5.74) is 0. The van der Waals surface area contributed by atoms with Crippen LogP contribution in [0, 0.1) is 0 Å². The van der Waals surface area contributed by atoms with Crippen LogP contribution in [-0.2, 0) is 20.8 Å². The van der Waals surface area contributed by atoms with Crippen LogP contribution in [0.4, 0.5) is 0 Å². The Labute approximate surface area is 113 Å². The van der Waals surface area contributed by atoms with Gasteiger partial charge in [-0.15, -0.1) is 0 Å². The first-order valence-electron chi connectivity index (χ1n) is 1.33. The molecule has 9 nitrogen and oxygen atoms in total. The van der Waals surface area contributed by atoms with Crippen molar-refractivity contribution in [2.75, 3.05) is 0 Å². The third kappa shape index (κ3) is 824. The SMILES string of the molecule is O=S(=O)([O-])[O-].O=S(=O)([O-])[O-].[Mg+2].[NH4+].[Na+]. The van der Waals surface area contributed by atoms with Gasteiger partial charge in [-0.05, 0) is 0 Å². The second kappa shape index (κ2) is 11.5. The zero-order valence-electron chi connectivity index (χ0n) is 6.79. The molecule has 0 aliphatic rings. The summed E-state index contributed by atoms with van der Waals surface area (Å²) in [6.45, 7) is 0. The Hall–Kier alpha value is 1.47. The molecular formula is H4MgNNaO8S2. The first-order valence-corrected chi connectivity index (χ1v) is 4.00. The summed E-state index contributed by atoms with van der Waals surface area (Å²) in [5, 5.41) is 0. The van der Waals surface area contributed by atoms with E-state index in [9.17, 15) is 0 Å². The Morgan fingerprint density at radius 3 is 0.692 bits per heavy atom. The molecule has 0 fully saturated rings. The fraction of sp³-hybridized carbons (Fsp3) is 0. The van der Waals surface area contributed by atoms with E-state index in [1.165, 1.54) is 0 Å². The number of quaternary nitrogens is 1. The van der Waals surface area contributed by atoms with Gasteiger partial charge in [-0.3, -0.25) is 16.8 Å². The first-order chi connectivity index (χ1) is 4.00. The molecule has 0 aliphatic carbocycles. The Kier molecular flexibility index (Phi) is 26.0. The molecule has 4 N–H and O–H groups in total. The van der Waals surface area contributed by atoms with E-state index in [1.807, 2.05) is 0 Å². The van der Waals surface area contributed by atoms with E-state index in [4.69, 9.17) is 35.0 Å².